The summed E-state index contributed by atoms with van der Waals surface area (Å²) >= 11 is 0. The van der Waals surface area contributed by atoms with Crippen molar-refractivity contribution in [3.05, 3.63) is 41.4 Å². The average Bonchev–Trinajstić information content (AvgIpc) is 3.06. The molecule has 0 saturated carbocycles. The van der Waals surface area contributed by atoms with E-state index >= 15 is 0 Å². The van der Waals surface area contributed by atoms with Crippen molar-refractivity contribution in [3.8, 4) is 11.4 Å². The van der Waals surface area contributed by atoms with E-state index in [2.05, 4.69) is 15.2 Å². The lowest BCUT2D eigenvalue weighted by Crippen LogP contribution is -2.41. The molecule has 0 radical (unpaired) electrons. The Kier molecular flexibility index (Phi) is 4.55. The highest BCUT2D eigenvalue weighted by molar-refractivity contribution is 6.54. The van der Waals surface area contributed by atoms with Gasteiger partial charge in [-0.2, -0.15) is 5.10 Å². The number of hydrogen-bond acceptors (Lipinski definition) is 4. The van der Waals surface area contributed by atoms with Crippen molar-refractivity contribution >= 4 is 13.2 Å². The molecule has 0 unspecified atom stereocenters. The van der Waals surface area contributed by atoms with Crippen LogP contribution in [0, 0.1) is 0 Å². The SMILES string of the molecule is CCc1[nH]nc(-c2ccccn2)c1C=C(F)B1OC(C)(C)C(C)(C)O1. The summed E-state index contributed by atoms with van der Waals surface area (Å²) in [5.41, 5.74) is 1.16. The molecule has 2 aromatic heterocycles. The summed E-state index contributed by atoms with van der Waals surface area (Å²) < 4.78 is 26.5. The molecule has 132 valence electrons. The molecule has 0 aliphatic carbocycles. The summed E-state index contributed by atoms with van der Waals surface area (Å²) in [6.07, 6.45) is 3.82. The van der Waals surface area contributed by atoms with Gasteiger partial charge in [-0.3, -0.25) is 10.1 Å². The van der Waals surface area contributed by atoms with E-state index in [0.717, 1.165) is 5.69 Å². The molecule has 0 spiro atoms. The van der Waals surface area contributed by atoms with Crippen molar-refractivity contribution in [1.82, 2.24) is 15.2 Å². The zero-order valence-electron chi connectivity index (χ0n) is 15.3. The molecule has 0 atom stereocenters. The molecule has 0 aromatic carbocycles. The highest BCUT2D eigenvalue weighted by Crippen LogP contribution is 2.39. The van der Waals surface area contributed by atoms with Crippen molar-refractivity contribution in [2.75, 3.05) is 0 Å². The Morgan fingerprint density at radius 2 is 1.92 bits per heavy atom. The second-order valence-electron chi connectivity index (χ2n) is 7.15. The van der Waals surface area contributed by atoms with Crippen molar-refractivity contribution in [1.29, 1.82) is 0 Å². The van der Waals surface area contributed by atoms with Gasteiger partial charge in [-0.1, -0.05) is 13.0 Å². The second kappa shape index (κ2) is 6.39. The predicted octanol–water partition coefficient (Wildman–Crippen LogP) is 3.98. The number of nitrogens with zero attached hydrogens (tertiary/aromatic N) is 2. The third-order valence-corrected chi connectivity index (χ3v) is 4.90. The van der Waals surface area contributed by atoms with E-state index in [4.69, 9.17) is 9.31 Å². The van der Waals surface area contributed by atoms with Crippen LogP contribution >= 0.6 is 0 Å². The van der Waals surface area contributed by atoms with Crippen LogP contribution < -0.4 is 0 Å². The molecule has 1 aliphatic heterocycles. The van der Waals surface area contributed by atoms with Crippen LogP contribution in [0.3, 0.4) is 0 Å². The Morgan fingerprint density at radius 1 is 1.24 bits per heavy atom. The monoisotopic (exact) mass is 343 g/mol. The van der Waals surface area contributed by atoms with E-state index in [1.165, 1.54) is 6.08 Å². The first-order valence-corrected chi connectivity index (χ1v) is 8.46. The second-order valence-corrected chi connectivity index (χ2v) is 7.15. The van der Waals surface area contributed by atoms with Crippen LogP contribution in [-0.4, -0.2) is 33.5 Å². The van der Waals surface area contributed by atoms with Gasteiger partial charge in [0.2, 0.25) is 0 Å². The molecule has 5 nitrogen and oxygen atoms in total. The Bertz CT molecular complexity index is 771. The minimum atomic E-state index is -1.03. The third-order valence-electron chi connectivity index (χ3n) is 4.90. The van der Waals surface area contributed by atoms with Crippen molar-refractivity contribution in [2.45, 2.75) is 52.2 Å². The highest BCUT2D eigenvalue weighted by atomic mass is 19.1. The molecule has 1 saturated heterocycles. The van der Waals surface area contributed by atoms with Gasteiger partial charge in [0.05, 0.1) is 16.9 Å². The number of aromatic nitrogens is 3. The maximum Gasteiger partial charge on any atom is 0.525 e. The fourth-order valence-electron chi connectivity index (χ4n) is 2.67. The number of halogens is 1. The first-order valence-electron chi connectivity index (χ1n) is 8.46. The lowest BCUT2D eigenvalue weighted by atomic mass is 9.86. The molecule has 0 amide bonds. The van der Waals surface area contributed by atoms with Crippen LogP contribution in [0.5, 0.6) is 0 Å². The molecular formula is C18H23BFN3O2. The maximum absolute atomic E-state index is 14.9. The van der Waals surface area contributed by atoms with E-state index in [1.54, 1.807) is 6.20 Å². The number of hydrogen-bond donors (Lipinski definition) is 1. The van der Waals surface area contributed by atoms with Crippen LogP contribution in [0.15, 0.2) is 30.1 Å². The Balaban J connectivity index is 1.97. The molecule has 1 aliphatic rings. The molecule has 1 N–H and O–H groups in total. The number of aromatic amines is 1. The maximum atomic E-state index is 14.9. The highest BCUT2D eigenvalue weighted by Gasteiger charge is 2.53. The fourth-order valence-corrected chi connectivity index (χ4v) is 2.67. The molecule has 0 bridgehead atoms. The van der Waals surface area contributed by atoms with Gasteiger partial charge >= 0.3 is 7.12 Å². The fraction of sp³-hybridized carbons (Fsp3) is 0.444. The molecule has 3 heterocycles. The van der Waals surface area contributed by atoms with Gasteiger partial charge in [0.15, 0.2) is 0 Å². The van der Waals surface area contributed by atoms with E-state index in [9.17, 15) is 4.39 Å². The van der Waals surface area contributed by atoms with Crippen molar-refractivity contribution in [2.24, 2.45) is 0 Å². The summed E-state index contributed by atoms with van der Waals surface area (Å²) in [4.78, 5) is 4.31. The molecule has 25 heavy (non-hydrogen) atoms. The molecule has 7 heteroatoms. The zero-order chi connectivity index (χ0) is 18.2. The predicted molar refractivity (Wildman–Crippen MR) is 96.4 cm³/mol. The van der Waals surface area contributed by atoms with Gasteiger partial charge in [0.25, 0.3) is 0 Å². The first-order chi connectivity index (χ1) is 11.7. The summed E-state index contributed by atoms with van der Waals surface area (Å²) in [7, 11) is -1.03. The van der Waals surface area contributed by atoms with Crippen LogP contribution in [-0.2, 0) is 15.7 Å². The lowest BCUT2D eigenvalue weighted by Gasteiger charge is -2.32. The zero-order valence-corrected chi connectivity index (χ0v) is 15.3. The average molecular weight is 343 g/mol. The normalized spacial score (nSPS) is 19.4. The van der Waals surface area contributed by atoms with Crippen LogP contribution in [0.2, 0.25) is 0 Å². The van der Waals surface area contributed by atoms with E-state index in [-0.39, 0.29) is 0 Å². The van der Waals surface area contributed by atoms with Gasteiger partial charge < -0.3 is 9.31 Å². The molecule has 1 fully saturated rings. The van der Waals surface area contributed by atoms with Gasteiger partial charge in [0.1, 0.15) is 11.4 Å². The van der Waals surface area contributed by atoms with E-state index in [1.807, 2.05) is 52.8 Å². The minimum absolute atomic E-state index is 0.480. The number of rotatable bonds is 4. The van der Waals surface area contributed by atoms with Crippen molar-refractivity contribution in [3.63, 3.8) is 0 Å². The standard InChI is InChI=1S/C18H23BFN3O2/c1-6-13-12(16(23-22-13)14-9-7-8-10-21-14)11-15(20)19-24-17(2,3)18(4,5)25-19/h7-11H,6H2,1-5H3,(H,22,23). The van der Waals surface area contributed by atoms with Crippen LogP contribution in [0.1, 0.15) is 45.9 Å². The van der Waals surface area contributed by atoms with E-state index < -0.39 is 24.0 Å². The van der Waals surface area contributed by atoms with Gasteiger partial charge in [0, 0.05) is 17.5 Å². The quantitative estimate of drug-likeness (QED) is 0.853. The Morgan fingerprint density at radius 3 is 2.48 bits per heavy atom. The molecule has 2 aromatic rings. The van der Waals surface area contributed by atoms with Gasteiger partial charge in [-0.15, -0.1) is 0 Å². The van der Waals surface area contributed by atoms with Crippen LogP contribution in [0.25, 0.3) is 17.5 Å². The number of aryl methyl sites for hydroxylation is 1. The lowest BCUT2D eigenvalue weighted by molar-refractivity contribution is 0.00578. The van der Waals surface area contributed by atoms with E-state index in [0.29, 0.717) is 23.4 Å². The minimum Gasteiger partial charge on any atom is -0.398 e. The number of pyridine rings is 1. The van der Waals surface area contributed by atoms with Gasteiger partial charge in [-0.05, 0) is 52.3 Å². The topological polar surface area (TPSA) is 60.0 Å². The van der Waals surface area contributed by atoms with Gasteiger partial charge in [-0.25, -0.2) is 4.39 Å². The van der Waals surface area contributed by atoms with Crippen LogP contribution in [0.4, 0.5) is 4.39 Å². The summed E-state index contributed by atoms with van der Waals surface area (Å²) in [5, 5.41) is 7.28. The third kappa shape index (κ3) is 3.26. The Labute approximate surface area is 147 Å². The largest absolute Gasteiger partial charge is 0.525 e. The van der Waals surface area contributed by atoms with Crippen molar-refractivity contribution < 1.29 is 13.7 Å². The summed E-state index contributed by atoms with van der Waals surface area (Å²) in [5.74, 6) is 0. The summed E-state index contributed by atoms with van der Waals surface area (Å²) in [6, 6.07) is 5.55. The smallest absolute Gasteiger partial charge is 0.398 e. The number of H-pyrrole nitrogens is 1. The number of nitrogens with one attached hydrogen (secondary N) is 1. The Hall–Kier alpha value is -1.99. The first kappa shape index (κ1) is 17.8. The molecular weight excluding hydrogens is 320 g/mol. The summed E-state index contributed by atoms with van der Waals surface area (Å²) in [6.45, 7) is 9.58. The molecule has 3 rings (SSSR count).